The third-order valence-corrected chi connectivity index (χ3v) is 5.43. The van der Waals surface area contributed by atoms with Crippen molar-refractivity contribution in [1.82, 2.24) is 5.16 Å². The molecule has 0 radical (unpaired) electrons. The molecule has 0 amide bonds. The van der Waals surface area contributed by atoms with E-state index in [4.69, 9.17) is 9.26 Å². The molecule has 4 nitrogen and oxygen atoms in total. The summed E-state index contributed by atoms with van der Waals surface area (Å²) < 4.78 is 52.3. The van der Waals surface area contributed by atoms with Crippen molar-refractivity contribution in [3.8, 4) is 17.6 Å². The van der Waals surface area contributed by atoms with Crippen LogP contribution in [0.1, 0.15) is 68.5 Å². The van der Waals surface area contributed by atoms with E-state index in [0.717, 1.165) is 24.0 Å². The molecule has 0 spiro atoms. The zero-order valence-corrected chi connectivity index (χ0v) is 19.5. The lowest BCUT2D eigenvalue weighted by Crippen LogP contribution is -2.06. The molecule has 0 aliphatic carbocycles. The van der Waals surface area contributed by atoms with Gasteiger partial charge in [-0.1, -0.05) is 57.8 Å². The highest BCUT2D eigenvalue weighted by Crippen LogP contribution is 2.42. The summed E-state index contributed by atoms with van der Waals surface area (Å²) in [6.45, 7) is 8.17. The Morgan fingerprint density at radius 1 is 1.09 bits per heavy atom. The Labute approximate surface area is 192 Å². The fourth-order valence-electron chi connectivity index (χ4n) is 4.08. The second kappa shape index (κ2) is 10.3. The van der Waals surface area contributed by atoms with Gasteiger partial charge >= 0.3 is 6.18 Å². The zero-order chi connectivity index (χ0) is 24.2. The number of alkyl halides is 3. The first-order valence-electron chi connectivity index (χ1n) is 11.4. The van der Waals surface area contributed by atoms with Gasteiger partial charge in [0.15, 0.2) is 11.3 Å². The summed E-state index contributed by atoms with van der Waals surface area (Å²) in [4.78, 5) is 0. The van der Waals surface area contributed by atoms with E-state index in [1.165, 1.54) is 6.07 Å². The third-order valence-electron chi connectivity index (χ3n) is 5.43. The lowest BCUT2D eigenvalue weighted by molar-refractivity contribution is -0.141. The smallest absolute Gasteiger partial charge is 0.437 e. The van der Waals surface area contributed by atoms with E-state index in [2.05, 4.69) is 25.1 Å². The first kappa shape index (κ1) is 24.6. The van der Waals surface area contributed by atoms with Crippen LogP contribution in [-0.2, 0) is 31.9 Å². The van der Waals surface area contributed by atoms with Crippen molar-refractivity contribution in [2.24, 2.45) is 5.92 Å². The fourth-order valence-corrected chi connectivity index (χ4v) is 4.08. The number of nitriles is 1. The van der Waals surface area contributed by atoms with E-state index >= 15 is 0 Å². The minimum absolute atomic E-state index is 0.0347. The lowest BCUT2D eigenvalue weighted by atomic mass is 9.97. The summed E-state index contributed by atoms with van der Waals surface area (Å²) in [7, 11) is 0. The van der Waals surface area contributed by atoms with Crippen molar-refractivity contribution in [2.75, 3.05) is 0 Å². The molecule has 0 atom stereocenters. The summed E-state index contributed by atoms with van der Waals surface area (Å²) >= 11 is 0. The van der Waals surface area contributed by atoms with Crippen LogP contribution in [0.25, 0.3) is 11.0 Å². The maximum absolute atomic E-state index is 13.5. The average Bonchev–Trinajstić information content (AvgIpc) is 3.16. The molecule has 1 heterocycles. The minimum atomic E-state index is -4.61. The van der Waals surface area contributed by atoms with Crippen LogP contribution >= 0.6 is 0 Å². The highest BCUT2D eigenvalue weighted by Gasteiger charge is 2.38. The topological polar surface area (TPSA) is 59.1 Å². The standard InChI is InChI=1S/C26H29F3N2O2/c1-5-7-19-15-21-24(33-31-25(21)26(27,28)29)20(8-6-2)23(19)32-22-14-17(13-16(3)4)9-10-18(22)11-12-30/h9-10,14-16H,5-8,11,13H2,1-4H3. The van der Waals surface area contributed by atoms with Crippen LogP contribution in [0.3, 0.4) is 0 Å². The predicted molar refractivity (Wildman–Crippen MR) is 121 cm³/mol. The van der Waals surface area contributed by atoms with Crippen LogP contribution < -0.4 is 4.74 Å². The van der Waals surface area contributed by atoms with Gasteiger partial charge in [0.1, 0.15) is 11.5 Å². The normalized spacial score (nSPS) is 11.8. The number of halogens is 3. The Hall–Kier alpha value is -3.01. The number of fused-ring (bicyclic) bond motifs is 1. The molecule has 3 rings (SSSR count). The molecule has 0 N–H and O–H groups in total. The van der Waals surface area contributed by atoms with E-state index in [0.29, 0.717) is 47.8 Å². The second-order valence-corrected chi connectivity index (χ2v) is 8.73. The van der Waals surface area contributed by atoms with Crippen LogP contribution in [-0.4, -0.2) is 5.16 Å². The predicted octanol–water partition coefficient (Wildman–Crippen LogP) is 7.81. The van der Waals surface area contributed by atoms with E-state index < -0.39 is 11.9 Å². The summed E-state index contributed by atoms with van der Waals surface area (Å²) in [6, 6.07) is 9.48. The molecule has 176 valence electrons. The quantitative estimate of drug-likeness (QED) is 0.328. The number of hydrogen-bond donors (Lipinski definition) is 0. The highest BCUT2D eigenvalue weighted by molar-refractivity contribution is 5.86. The number of aryl methyl sites for hydroxylation is 2. The van der Waals surface area contributed by atoms with Crippen LogP contribution in [0.4, 0.5) is 13.2 Å². The van der Waals surface area contributed by atoms with Crippen LogP contribution in [0.2, 0.25) is 0 Å². The van der Waals surface area contributed by atoms with Crippen molar-refractivity contribution in [3.63, 3.8) is 0 Å². The van der Waals surface area contributed by atoms with Crippen molar-refractivity contribution in [1.29, 1.82) is 5.26 Å². The molecule has 2 aromatic carbocycles. The van der Waals surface area contributed by atoms with Crippen LogP contribution in [0.15, 0.2) is 28.8 Å². The third kappa shape index (κ3) is 5.50. The number of aromatic nitrogens is 1. The Kier molecular flexibility index (Phi) is 7.68. The Morgan fingerprint density at radius 2 is 1.82 bits per heavy atom. The maximum atomic E-state index is 13.5. The number of rotatable bonds is 9. The molecule has 0 bridgehead atoms. The van der Waals surface area contributed by atoms with Gasteiger partial charge in [0.2, 0.25) is 0 Å². The summed E-state index contributed by atoms with van der Waals surface area (Å²) in [5.41, 5.74) is 2.18. The number of ether oxygens (including phenoxy) is 1. The van der Waals surface area contributed by atoms with Gasteiger partial charge in [0, 0.05) is 11.1 Å². The number of benzene rings is 2. The van der Waals surface area contributed by atoms with Gasteiger partial charge in [-0.3, -0.25) is 0 Å². The van der Waals surface area contributed by atoms with Crippen LogP contribution in [0.5, 0.6) is 11.5 Å². The maximum Gasteiger partial charge on any atom is 0.437 e. The Balaban J connectivity index is 2.22. The second-order valence-electron chi connectivity index (χ2n) is 8.73. The average molecular weight is 459 g/mol. The molecule has 3 aromatic rings. The van der Waals surface area contributed by atoms with Gasteiger partial charge in [-0.05, 0) is 48.4 Å². The molecule has 0 saturated carbocycles. The van der Waals surface area contributed by atoms with Crippen molar-refractivity contribution in [2.45, 2.75) is 72.4 Å². The van der Waals surface area contributed by atoms with Gasteiger partial charge < -0.3 is 9.26 Å². The van der Waals surface area contributed by atoms with Crippen LogP contribution in [0, 0.1) is 17.2 Å². The molecule has 0 aliphatic rings. The highest BCUT2D eigenvalue weighted by atomic mass is 19.4. The van der Waals surface area contributed by atoms with Crippen molar-refractivity contribution >= 4 is 11.0 Å². The molecular formula is C26H29F3N2O2. The van der Waals surface area contributed by atoms with E-state index in [1.54, 1.807) is 0 Å². The molecule has 0 fully saturated rings. The molecule has 1 aromatic heterocycles. The lowest BCUT2D eigenvalue weighted by Gasteiger charge is -2.19. The molecule has 0 saturated heterocycles. The minimum Gasteiger partial charge on any atom is -0.456 e. The SMILES string of the molecule is CCCc1cc2c(C(F)(F)F)noc2c(CCC)c1Oc1cc(CC(C)C)ccc1CC#N. The molecule has 0 aliphatic heterocycles. The van der Waals surface area contributed by atoms with Gasteiger partial charge in [-0.15, -0.1) is 0 Å². The van der Waals surface area contributed by atoms with E-state index in [-0.39, 0.29) is 17.4 Å². The Morgan fingerprint density at radius 3 is 2.42 bits per heavy atom. The first-order valence-corrected chi connectivity index (χ1v) is 11.4. The Bertz CT molecular complexity index is 1160. The summed E-state index contributed by atoms with van der Waals surface area (Å²) in [5.74, 6) is 1.51. The zero-order valence-electron chi connectivity index (χ0n) is 19.5. The summed E-state index contributed by atoms with van der Waals surface area (Å²) in [5, 5.41) is 12.6. The summed E-state index contributed by atoms with van der Waals surface area (Å²) in [6.07, 6.45) is -1.13. The molecule has 0 unspecified atom stereocenters. The van der Waals surface area contributed by atoms with Gasteiger partial charge in [0.25, 0.3) is 0 Å². The fraction of sp³-hybridized carbons (Fsp3) is 0.462. The monoisotopic (exact) mass is 458 g/mol. The van der Waals surface area contributed by atoms with Gasteiger partial charge in [-0.25, -0.2) is 0 Å². The molecular weight excluding hydrogens is 429 g/mol. The van der Waals surface area contributed by atoms with Crippen molar-refractivity contribution < 1.29 is 22.4 Å². The van der Waals surface area contributed by atoms with Crippen molar-refractivity contribution in [3.05, 3.63) is 52.2 Å². The molecule has 33 heavy (non-hydrogen) atoms. The van der Waals surface area contributed by atoms with E-state index in [9.17, 15) is 18.4 Å². The number of hydrogen-bond acceptors (Lipinski definition) is 4. The van der Waals surface area contributed by atoms with E-state index in [1.807, 2.05) is 32.0 Å². The largest absolute Gasteiger partial charge is 0.456 e. The van der Waals surface area contributed by atoms with Gasteiger partial charge in [0.05, 0.1) is 17.9 Å². The molecule has 7 heteroatoms. The van der Waals surface area contributed by atoms with Gasteiger partial charge in [-0.2, -0.15) is 18.4 Å². The number of nitrogens with zero attached hydrogens (tertiary/aromatic N) is 2. The first-order chi connectivity index (χ1) is 15.7.